The Kier molecular flexibility index (Phi) is 9.74. The number of hydrogen-bond donors (Lipinski definition) is 2. The van der Waals surface area contributed by atoms with Crippen LogP contribution >= 0.6 is 11.8 Å². The summed E-state index contributed by atoms with van der Waals surface area (Å²) in [6.07, 6.45) is 0. The second-order valence-corrected chi connectivity index (χ2v) is 10.3. The Labute approximate surface area is 195 Å². The average molecular weight is 478 g/mol. The SMILES string of the molecule is CCN(CC)S(=O)(=O)c1ccc(C(C)NC(=O)CSCC(=O)Nc2ccc(C)cc2)cc1. The van der Waals surface area contributed by atoms with Crippen molar-refractivity contribution in [3.05, 3.63) is 59.7 Å². The lowest BCUT2D eigenvalue weighted by molar-refractivity contribution is -0.119. The van der Waals surface area contributed by atoms with Crippen molar-refractivity contribution >= 4 is 39.3 Å². The van der Waals surface area contributed by atoms with Gasteiger partial charge in [-0.1, -0.05) is 43.7 Å². The van der Waals surface area contributed by atoms with Crippen LogP contribution in [0.25, 0.3) is 0 Å². The van der Waals surface area contributed by atoms with Gasteiger partial charge in [-0.3, -0.25) is 9.59 Å². The summed E-state index contributed by atoms with van der Waals surface area (Å²) in [4.78, 5) is 24.5. The molecule has 0 bridgehead atoms. The molecule has 0 radical (unpaired) electrons. The number of anilines is 1. The first-order valence-electron chi connectivity index (χ1n) is 10.5. The van der Waals surface area contributed by atoms with E-state index in [1.54, 1.807) is 38.1 Å². The molecule has 0 fully saturated rings. The minimum atomic E-state index is -3.51. The number of amides is 2. The second kappa shape index (κ2) is 12.0. The van der Waals surface area contributed by atoms with Crippen LogP contribution in [0.15, 0.2) is 53.4 Å². The van der Waals surface area contributed by atoms with Crippen molar-refractivity contribution in [1.29, 1.82) is 0 Å². The molecule has 0 aliphatic heterocycles. The minimum Gasteiger partial charge on any atom is -0.349 e. The predicted molar refractivity (Wildman–Crippen MR) is 130 cm³/mol. The molecule has 0 aromatic heterocycles. The predicted octanol–water partition coefficient (Wildman–Crippen LogP) is 3.57. The van der Waals surface area contributed by atoms with Crippen LogP contribution in [0, 0.1) is 6.92 Å². The molecule has 0 saturated heterocycles. The number of rotatable bonds is 11. The number of sulfonamides is 1. The van der Waals surface area contributed by atoms with Gasteiger partial charge >= 0.3 is 0 Å². The Hall–Kier alpha value is -2.36. The lowest BCUT2D eigenvalue weighted by Gasteiger charge is -2.19. The number of nitrogens with zero attached hydrogens (tertiary/aromatic N) is 1. The van der Waals surface area contributed by atoms with Gasteiger partial charge in [0.05, 0.1) is 22.4 Å². The summed E-state index contributed by atoms with van der Waals surface area (Å²) in [6.45, 7) is 8.24. The lowest BCUT2D eigenvalue weighted by atomic mass is 10.1. The molecule has 7 nitrogen and oxygen atoms in total. The van der Waals surface area contributed by atoms with Gasteiger partial charge in [-0.05, 0) is 43.7 Å². The zero-order valence-corrected chi connectivity index (χ0v) is 20.6. The van der Waals surface area contributed by atoms with E-state index in [-0.39, 0.29) is 34.3 Å². The Morgan fingerprint density at radius 2 is 1.50 bits per heavy atom. The highest BCUT2D eigenvalue weighted by molar-refractivity contribution is 8.00. The molecule has 2 aromatic rings. The summed E-state index contributed by atoms with van der Waals surface area (Å²) in [7, 11) is -3.51. The normalized spacial score (nSPS) is 12.4. The van der Waals surface area contributed by atoms with Crippen LogP contribution in [0.4, 0.5) is 5.69 Å². The van der Waals surface area contributed by atoms with Gasteiger partial charge in [0.1, 0.15) is 0 Å². The van der Waals surface area contributed by atoms with Gasteiger partial charge in [-0.15, -0.1) is 11.8 Å². The number of thioether (sulfide) groups is 1. The Morgan fingerprint density at radius 3 is 2.06 bits per heavy atom. The van der Waals surface area contributed by atoms with E-state index in [1.165, 1.54) is 16.1 Å². The van der Waals surface area contributed by atoms with E-state index >= 15 is 0 Å². The maximum Gasteiger partial charge on any atom is 0.243 e. The summed E-state index contributed by atoms with van der Waals surface area (Å²) in [6, 6.07) is 13.8. The molecular weight excluding hydrogens is 446 g/mol. The van der Waals surface area contributed by atoms with Crippen molar-refractivity contribution < 1.29 is 18.0 Å². The Bertz CT molecular complexity index is 1000. The molecule has 174 valence electrons. The molecule has 9 heteroatoms. The quantitative estimate of drug-likeness (QED) is 0.516. The maximum absolute atomic E-state index is 12.6. The third-order valence-corrected chi connectivity index (χ3v) is 7.90. The fraction of sp³-hybridized carbons (Fsp3) is 0.391. The number of hydrogen-bond acceptors (Lipinski definition) is 5. The van der Waals surface area contributed by atoms with Crippen LogP contribution in [0.5, 0.6) is 0 Å². The van der Waals surface area contributed by atoms with E-state index < -0.39 is 10.0 Å². The highest BCUT2D eigenvalue weighted by Crippen LogP contribution is 2.19. The number of carbonyl (C=O) groups excluding carboxylic acids is 2. The van der Waals surface area contributed by atoms with Gasteiger partial charge in [-0.25, -0.2) is 8.42 Å². The van der Waals surface area contributed by atoms with Gasteiger partial charge in [0.25, 0.3) is 0 Å². The number of nitrogens with one attached hydrogen (secondary N) is 2. The average Bonchev–Trinajstić information content (AvgIpc) is 2.76. The Morgan fingerprint density at radius 1 is 0.938 bits per heavy atom. The molecule has 0 aliphatic rings. The first kappa shape index (κ1) is 25.9. The minimum absolute atomic E-state index is 0.153. The number of benzene rings is 2. The van der Waals surface area contributed by atoms with E-state index in [0.29, 0.717) is 13.1 Å². The smallest absolute Gasteiger partial charge is 0.243 e. The topological polar surface area (TPSA) is 95.6 Å². The van der Waals surface area contributed by atoms with Crippen LogP contribution in [-0.2, 0) is 19.6 Å². The van der Waals surface area contributed by atoms with E-state index in [2.05, 4.69) is 10.6 Å². The highest BCUT2D eigenvalue weighted by Gasteiger charge is 2.21. The third kappa shape index (κ3) is 7.36. The standard InChI is InChI=1S/C23H31N3O4S2/c1-5-26(6-2)32(29,30)21-13-9-19(10-14-21)18(4)24-22(27)15-31-16-23(28)25-20-11-7-17(3)8-12-20/h7-14,18H,5-6,15-16H2,1-4H3,(H,24,27)(H,25,28). The van der Waals surface area contributed by atoms with Crippen LogP contribution < -0.4 is 10.6 Å². The fourth-order valence-corrected chi connectivity index (χ4v) is 5.16. The molecule has 2 N–H and O–H groups in total. The molecule has 0 heterocycles. The molecule has 2 aromatic carbocycles. The molecule has 2 rings (SSSR count). The van der Waals surface area contributed by atoms with Gasteiger partial charge in [0, 0.05) is 18.8 Å². The van der Waals surface area contributed by atoms with E-state index in [9.17, 15) is 18.0 Å². The molecular formula is C23H31N3O4S2. The second-order valence-electron chi connectivity index (χ2n) is 7.35. The van der Waals surface area contributed by atoms with Gasteiger partial charge in [0.15, 0.2) is 0 Å². The van der Waals surface area contributed by atoms with Gasteiger partial charge in [-0.2, -0.15) is 4.31 Å². The van der Waals surface area contributed by atoms with Crippen LogP contribution in [0.3, 0.4) is 0 Å². The van der Waals surface area contributed by atoms with Crippen molar-refractivity contribution in [2.24, 2.45) is 0 Å². The molecule has 32 heavy (non-hydrogen) atoms. The summed E-state index contributed by atoms with van der Waals surface area (Å²) >= 11 is 1.23. The first-order valence-corrected chi connectivity index (χ1v) is 13.1. The van der Waals surface area contributed by atoms with Crippen molar-refractivity contribution in [1.82, 2.24) is 9.62 Å². The van der Waals surface area contributed by atoms with E-state index in [4.69, 9.17) is 0 Å². The largest absolute Gasteiger partial charge is 0.349 e. The van der Waals surface area contributed by atoms with Crippen LogP contribution in [0.1, 0.15) is 37.9 Å². The lowest BCUT2D eigenvalue weighted by Crippen LogP contribution is -2.31. The number of carbonyl (C=O) groups is 2. The fourth-order valence-electron chi connectivity index (χ4n) is 3.08. The van der Waals surface area contributed by atoms with Crippen molar-refractivity contribution in [2.75, 3.05) is 29.9 Å². The van der Waals surface area contributed by atoms with Crippen LogP contribution in [-0.4, -0.2) is 49.1 Å². The molecule has 1 atom stereocenters. The zero-order valence-electron chi connectivity index (χ0n) is 18.9. The molecule has 0 aliphatic carbocycles. The van der Waals surface area contributed by atoms with Gasteiger partial charge in [0.2, 0.25) is 21.8 Å². The summed E-state index contributed by atoms with van der Waals surface area (Å²) in [5, 5.41) is 5.68. The van der Waals surface area contributed by atoms with Crippen molar-refractivity contribution in [3.8, 4) is 0 Å². The summed E-state index contributed by atoms with van der Waals surface area (Å²) in [5.41, 5.74) is 2.65. The molecule has 0 spiro atoms. The zero-order chi connectivity index (χ0) is 23.7. The van der Waals surface area contributed by atoms with E-state index in [1.807, 2.05) is 38.1 Å². The monoisotopic (exact) mass is 477 g/mol. The van der Waals surface area contributed by atoms with Gasteiger partial charge < -0.3 is 10.6 Å². The third-order valence-electron chi connectivity index (χ3n) is 4.90. The van der Waals surface area contributed by atoms with E-state index in [0.717, 1.165) is 16.8 Å². The molecule has 0 saturated carbocycles. The molecule has 1 unspecified atom stereocenters. The van der Waals surface area contributed by atoms with Crippen LogP contribution in [0.2, 0.25) is 0 Å². The Balaban J connectivity index is 1.82. The van der Waals surface area contributed by atoms with Crippen molar-refractivity contribution in [3.63, 3.8) is 0 Å². The van der Waals surface area contributed by atoms with Crippen molar-refractivity contribution in [2.45, 2.75) is 38.6 Å². The molecule has 2 amide bonds. The highest BCUT2D eigenvalue weighted by atomic mass is 32.2. The first-order chi connectivity index (χ1) is 15.2. The summed E-state index contributed by atoms with van der Waals surface area (Å²) < 4.78 is 26.6. The maximum atomic E-state index is 12.6. The number of aryl methyl sites for hydroxylation is 1. The summed E-state index contributed by atoms with van der Waals surface area (Å²) in [5.74, 6) is -0.0246.